The van der Waals surface area contributed by atoms with Crippen LogP contribution in [0, 0.1) is 17.2 Å². The molecule has 8 heteroatoms. The quantitative estimate of drug-likeness (QED) is 0.508. The SMILES string of the molecule is CC(C#N)(NC(=O)CSc1nnc(-c2ccccc2Cl)n1Cc1ccccc1)C1CC1. The molecule has 1 aliphatic rings. The van der Waals surface area contributed by atoms with E-state index in [1.807, 2.05) is 59.2 Å². The van der Waals surface area contributed by atoms with E-state index in [2.05, 4.69) is 21.6 Å². The second kappa shape index (κ2) is 9.13. The Labute approximate surface area is 190 Å². The van der Waals surface area contributed by atoms with E-state index in [0.717, 1.165) is 24.0 Å². The van der Waals surface area contributed by atoms with Gasteiger partial charge in [0.15, 0.2) is 11.0 Å². The van der Waals surface area contributed by atoms with Gasteiger partial charge in [0.25, 0.3) is 0 Å². The molecule has 1 amide bonds. The Morgan fingerprint density at radius 3 is 2.61 bits per heavy atom. The smallest absolute Gasteiger partial charge is 0.231 e. The molecule has 2 aromatic carbocycles. The van der Waals surface area contributed by atoms with Gasteiger partial charge in [0.1, 0.15) is 5.54 Å². The molecule has 158 valence electrons. The number of amides is 1. The summed E-state index contributed by atoms with van der Waals surface area (Å²) in [5, 5.41) is 22.3. The molecule has 1 unspecified atom stereocenters. The first-order valence-corrected chi connectivity index (χ1v) is 11.4. The second-order valence-corrected chi connectivity index (χ2v) is 9.13. The summed E-state index contributed by atoms with van der Waals surface area (Å²) in [5.41, 5.74) is 1.07. The highest BCUT2D eigenvalue weighted by Crippen LogP contribution is 2.39. The third-order valence-electron chi connectivity index (χ3n) is 5.37. The van der Waals surface area contributed by atoms with Gasteiger partial charge in [-0.15, -0.1) is 10.2 Å². The van der Waals surface area contributed by atoms with Crippen LogP contribution in [-0.2, 0) is 11.3 Å². The monoisotopic (exact) mass is 451 g/mol. The maximum absolute atomic E-state index is 12.6. The molecule has 6 nitrogen and oxygen atoms in total. The molecule has 1 aromatic heterocycles. The van der Waals surface area contributed by atoms with Crippen molar-refractivity contribution in [3.63, 3.8) is 0 Å². The van der Waals surface area contributed by atoms with Gasteiger partial charge in [-0.1, -0.05) is 65.8 Å². The Balaban J connectivity index is 1.56. The van der Waals surface area contributed by atoms with Crippen molar-refractivity contribution in [1.29, 1.82) is 5.26 Å². The highest BCUT2D eigenvalue weighted by atomic mass is 35.5. The van der Waals surface area contributed by atoms with Gasteiger partial charge in [0.05, 0.1) is 23.4 Å². The van der Waals surface area contributed by atoms with Crippen molar-refractivity contribution < 1.29 is 4.79 Å². The Bertz CT molecular complexity index is 1120. The molecule has 1 saturated carbocycles. The van der Waals surface area contributed by atoms with Crippen molar-refractivity contribution in [2.24, 2.45) is 5.92 Å². The van der Waals surface area contributed by atoms with Crippen LogP contribution in [0.1, 0.15) is 25.3 Å². The van der Waals surface area contributed by atoms with Gasteiger partial charge >= 0.3 is 0 Å². The van der Waals surface area contributed by atoms with Crippen molar-refractivity contribution in [3.05, 3.63) is 65.2 Å². The zero-order chi connectivity index (χ0) is 21.8. The fourth-order valence-electron chi connectivity index (χ4n) is 3.48. The van der Waals surface area contributed by atoms with Crippen LogP contribution in [0.3, 0.4) is 0 Å². The summed E-state index contributed by atoms with van der Waals surface area (Å²) in [4.78, 5) is 12.6. The molecule has 0 bridgehead atoms. The standard InChI is InChI=1S/C23H22ClN5OS/c1-23(15-25,17-11-12-17)26-20(30)14-31-22-28-27-21(18-9-5-6-10-19(18)24)29(22)13-16-7-3-2-4-8-16/h2-10,17H,11-14H2,1H3,(H,26,30). The first-order chi connectivity index (χ1) is 15.0. The maximum atomic E-state index is 12.6. The summed E-state index contributed by atoms with van der Waals surface area (Å²) in [6.45, 7) is 2.34. The predicted octanol–water partition coefficient (Wildman–Crippen LogP) is 4.55. The molecule has 0 spiro atoms. The van der Waals surface area contributed by atoms with Crippen molar-refractivity contribution in [3.8, 4) is 17.5 Å². The average Bonchev–Trinajstić information content (AvgIpc) is 3.57. The van der Waals surface area contributed by atoms with E-state index in [0.29, 0.717) is 22.5 Å². The lowest BCUT2D eigenvalue weighted by atomic mass is 9.98. The molecule has 31 heavy (non-hydrogen) atoms. The molecule has 0 radical (unpaired) electrons. The van der Waals surface area contributed by atoms with Crippen LogP contribution in [0.15, 0.2) is 59.8 Å². The molecule has 0 aliphatic heterocycles. The first kappa shape index (κ1) is 21.4. The number of nitriles is 1. The molecular weight excluding hydrogens is 430 g/mol. The van der Waals surface area contributed by atoms with Crippen molar-refractivity contribution >= 4 is 29.3 Å². The summed E-state index contributed by atoms with van der Waals surface area (Å²) in [5.74, 6) is 0.853. The molecule has 1 fully saturated rings. The van der Waals surface area contributed by atoms with Crippen molar-refractivity contribution in [1.82, 2.24) is 20.1 Å². The number of benzene rings is 2. The van der Waals surface area contributed by atoms with E-state index in [9.17, 15) is 10.1 Å². The van der Waals surface area contributed by atoms with E-state index in [1.165, 1.54) is 11.8 Å². The number of aromatic nitrogens is 3. The molecule has 1 aliphatic carbocycles. The number of carbonyl (C=O) groups excluding carboxylic acids is 1. The number of hydrogen-bond acceptors (Lipinski definition) is 5. The number of thioether (sulfide) groups is 1. The molecule has 1 N–H and O–H groups in total. The van der Waals surface area contributed by atoms with Crippen LogP contribution in [0.25, 0.3) is 11.4 Å². The predicted molar refractivity (Wildman–Crippen MR) is 122 cm³/mol. The highest BCUT2D eigenvalue weighted by molar-refractivity contribution is 7.99. The van der Waals surface area contributed by atoms with Crippen molar-refractivity contribution in [2.45, 2.75) is 37.0 Å². The molecule has 0 saturated heterocycles. The zero-order valence-electron chi connectivity index (χ0n) is 17.1. The van der Waals surface area contributed by atoms with Crippen LogP contribution >= 0.6 is 23.4 Å². The lowest BCUT2D eigenvalue weighted by molar-refractivity contribution is -0.119. The minimum atomic E-state index is -0.807. The van der Waals surface area contributed by atoms with Gasteiger partial charge in [-0.25, -0.2) is 0 Å². The zero-order valence-corrected chi connectivity index (χ0v) is 18.7. The van der Waals surface area contributed by atoms with E-state index in [-0.39, 0.29) is 17.6 Å². The number of nitrogens with zero attached hydrogens (tertiary/aromatic N) is 4. The van der Waals surface area contributed by atoms with Gasteiger partial charge in [-0.2, -0.15) is 5.26 Å². The summed E-state index contributed by atoms with van der Waals surface area (Å²) >= 11 is 7.72. The fourth-order valence-corrected chi connectivity index (χ4v) is 4.44. The van der Waals surface area contributed by atoms with Crippen LogP contribution in [0.5, 0.6) is 0 Å². The lowest BCUT2D eigenvalue weighted by Gasteiger charge is -2.22. The number of hydrogen-bond donors (Lipinski definition) is 1. The lowest BCUT2D eigenvalue weighted by Crippen LogP contribution is -2.47. The largest absolute Gasteiger partial charge is 0.337 e. The molecule has 1 heterocycles. The van der Waals surface area contributed by atoms with Crippen LogP contribution < -0.4 is 5.32 Å². The number of rotatable bonds is 8. The third-order valence-corrected chi connectivity index (χ3v) is 6.67. The van der Waals surface area contributed by atoms with E-state index in [1.54, 1.807) is 6.92 Å². The second-order valence-electron chi connectivity index (χ2n) is 7.78. The van der Waals surface area contributed by atoms with E-state index < -0.39 is 5.54 Å². The van der Waals surface area contributed by atoms with E-state index in [4.69, 9.17) is 11.6 Å². The van der Waals surface area contributed by atoms with Crippen LogP contribution in [-0.4, -0.2) is 32.0 Å². The normalized spacial score (nSPS) is 15.1. The summed E-state index contributed by atoms with van der Waals surface area (Å²) in [7, 11) is 0. The maximum Gasteiger partial charge on any atom is 0.231 e. The summed E-state index contributed by atoms with van der Waals surface area (Å²) in [6.07, 6.45) is 1.95. The minimum Gasteiger partial charge on any atom is -0.337 e. The van der Waals surface area contributed by atoms with E-state index >= 15 is 0 Å². The summed E-state index contributed by atoms with van der Waals surface area (Å²) < 4.78 is 1.97. The number of nitrogens with one attached hydrogen (secondary N) is 1. The minimum absolute atomic E-state index is 0.152. The van der Waals surface area contributed by atoms with Crippen molar-refractivity contribution in [2.75, 3.05) is 5.75 Å². The fraction of sp³-hybridized carbons (Fsp3) is 0.304. The summed E-state index contributed by atoms with van der Waals surface area (Å²) in [6, 6.07) is 19.8. The Hall–Kier alpha value is -2.82. The molecule has 3 aromatic rings. The van der Waals surface area contributed by atoms with Crippen LogP contribution in [0.2, 0.25) is 5.02 Å². The van der Waals surface area contributed by atoms with Gasteiger partial charge in [-0.3, -0.25) is 9.36 Å². The highest BCUT2D eigenvalue weighted by Gasteiger charge is 2.43. The average molecular weight is 452 g/mol. The number of carbonyl (C=O) groups is 1. The van der Waals surface area contributed by atoms with Crippen LogP contribution in [0.4, 0.5) is 0 Å². The molecule has 1 atom stereocenters. The first-order valence-electron chi connectivity index (χ1n) is 10.1. The Kier molecular flexibility index (Phi) is 6.30. The van der Waals surface area contributed by atoms with Gasteiger partial charge in [0, 0.05) is 5.56 Å². The molecule has 4 rings (SSSR count). The third kappa shape index (κ3) is 4.92. The van der Waals surface area contributed by atoms with Gasteiger partial charge in [0.2, 0.25) is 5.91 Å². The van der Waals surface area contributed by atoms with Gasteiger partial charge in [-0.05, 0) is 43.4 Å². The number of halogens is 1. The topological polar surface area (TPSA) is 83.6 Å². The Morgan fingerprint density at radius 2 is 1.94 bits per heavy atom. The Morgan fingerprint density at radius 1 is 1.23 bits per heavy atom. The van der Waals surface area contributed by atoms with Gasteiger partial charge < -0.3 is 5.32 Å². The molecular formula is C23H22ClN5OS.